The number of hydrogen-bond acceptors (Lipinski definition) is 5. The van der Waals surface area contributed by atoms with E-state index >= 15 is 0 Å². The Balaban J connectivity index is 1.60. The fourth-order valence-electron chi connectivity index (χ4n) is 2.47. The molecule has 1 aromatic carbocycles. The first-order valence-corrected chi connectivity index (χ1v) is 8.81. The summed E-state index contributed by atoms with van der Waals surface area (Å²) in [7, 11) is 1.59. The van der Waals surface area contributed by atoms with Crippen molar-refractivity contribution >= 4 is 11.6 Å². The van der Waals surface area contributed by atoms with E-state index in [4.69, 9.17) is 14.2 Å². The molecule has 1 heterocycles. The third kappa shape index (κ3) is 5.54. The van der Waals surface area contributed by atoms with Gasteiger partial charge in [-0.15, -0.1) is 0 Å². The van der Waals surface area contributed by atoms with Crippen molar-refractivity contribution in [2.75, 3.05) is 32.2 Å². The molecule has 0 unspecified atom stereocenters. The zero-order valence-corrected chi connectivity index (χ0v) is 14.9. The van der Waals surface area contributed by atoms with E-state index in [0.717, 1.165) is 18.1 Å². The molecule has 1 fully saturated rings. The van der Waals surface area contributed by atoms with Crippen LogP contribution in [0.3, 0.4) is 0 Å². The third-order valence-electron chi connectivity index (χ3n) is 4.05. The minimum atomic E-state index is -0.262. The number of hydrogen-bond donors (Lipinski definition) is 1. The molecule has 26 heavy (non-hydrogen) atoms. The van der Waals surface area contributed by atoms with Crippen LogP contribution in [0.2, 0.25) is 0 Å². The lowest BCUT2D eigenvalue weighted by Gasteiger charge is -2.11. The molecule has 1 saturated carbocycles. The van der Waals surface area contributed by atoms with Crippen LogP contribution in [0.5, 0.6) is 5.88 Å². The van der Waals surface area contributed by atoms with Gasteiger partial charge in [-0.3, -0.25) is 4.79 Å². The maximum atomic E-state index is 12.6. The second kappa shape index (κ2) is 9.31. The van der Waals surface area contributed by atoms with Crippen molar-refractivity contribution in [3.63, 3.8) is 0 Å². The number of methoxy groups -OCH3 is 1. The SMILES string of the molecule is COCCOc1ncccc1C(=O)Nc1cccc(COCC2CC2)c1. The van der Waals surface area contributed by atoms with Crippen LogP contribution in [0.4, 0.5) is 5.69 Å². The molecule has 3 rings (SSSR count). The summed E-state index contributed by atoms with van der Waals surface area (Å²) in [5.41, 5.74) is 2.14. The van der Waals surface area contributed by atoms with Gasteiger partial charge in [0.1, 0.15) is 12.2 Å². The summed E-state index contributed by atoms with van der Waals surface area (Å²) in [5.74, 6) is 0.771. The van der Waals surface area contributed by atoms with Gasteiger partial charge in [-0.05, 0) is 48.6 Å². The maximum Gasteiger partial charge on any atom is 0.261 e. The highest BCUT2D eigenvalue weighted by Gasteiger charge is 2.21. The van der Waals surface area contributed by atoms with Crippen LogP contribution in [0.25, 0.3) is 0 Å². The average molecular weight is 356 g/mol. The predicted octanol–water partition coefficient (Wildman–Crippen LogP) is 3.29. The van der Waals surface area contributed by atoms with Crippen LogP contribution in [0, 0.1) is 5.92 Å². The summed E-state index contributed by atoms with van der Waals surface area (Å²) in [6, 6.07) is 11.1. The number of amides is 1. The molecule has 1 aliphatic rings. The number of anilines is 1. The van der Waals surface area contributed by atoms with Crippen molar-refractivity contribution < 1.29 is 19.0 Å². The molecular formula is C20H24N2O4. The molecule has 6 heteroatoms. The summed E-state index contributed by atoms with van der Waals surface area (Å²) < 4.78 is 16.2. The van der Waals surface area contributed by atoms with Crippen molar-refractivity contribution in [3.8, 4) is 5.88 Å². The standard InChI is InChI=1S/C20H24N2O4/c1-24-10-11-26-20-18(6-3-9-21-20)19(23)22-17-5-2-4-16(12-17)14-25-13-15-7-8-15/h2-6,9,12,15H,7-8,10-11,13-14H2,1H3,(H,22,23). The Hall–Kier alpha value is -2.44. The molecular weight excluding hydrogens is 332 g/mol. The summed E-state index contributed by atoms with van der Waals surface area (Å²) >= 11 is 0. The summed E-state index contributed by atoms with van der Waals surface area (Å²) in [6.07, 6.45) is 4.14. The first kappa shape index (κ1) is 18.4. The van der Waals surface area contributed by atoms with E-state index in [0.29, 0.717) is 37.0 Å². The van der Waals surface area contributed by atoms with Gasteiger partial charge >= 0.3 is 0 Å². The monoisotopic (exact) mass is 356 g/mol. The molecule has 0 saturated heterocycles. The quantitative estimate of drug-likeness (QED) is 0.662. The Bertz CT molecular complexity index is 731. The highest BCUT2D eigenvalue weighted by molar-refractivity contribution is 6.05. The summed E-state index contributed by atoms with van der Waals surface area (Å²) in [6.45, 7) is 2.13. The molecule has 0 bridgehead atoms. The van der Waals surface area contributed by atoms with E-state index in [-0.39, 0.29) is 5.91 Å². The number of nitrogens with one attached hydrogen (secondary N) is 1. The Morgan fingerprint density at radius 1 is 1.23 bits per heavy atom. The lowest BCUT2D eigenvalue weighted by atomic mass is 10.2. The second-order valence-electron chi connectivity index (χ2n) is 6.31. The molecule has 0 atom stereocenters. The molecule has 1 amide bonds. The highest BCUT2D eigenvalue weighted by Crippen LogP contribution is 2.29. The van der Waals surface area contributed by atoms with Crippen molar-refractivity contribution in [2.24, 2.45) is 5.92 Å². The number of rotatable bonds is 10. The molecule has 1 aromatic heterocycles. The molecule has 0 spiro atoms. The van der Waals surface area contributed by atoms with Crippen LogP contribution >= 0.6 is 0 Å². The molecule has 0 aliphatic heterocycles. The van der Waals surface area contributed by atoms with Gasteiger partial charge < -0.3 is 19.5 Å². The normalized spacial score (nSPS) is 13.4. The van der Waals surface area contributed by atoms with Crippen molar-refractivity contribution in [2.45, 2.75) is 19.4 Å². The molecule has 1 aliphatic carbocycles. The van der Waals surface area contributed by atoms with Crippen LogP contribution in [0.1, 0.15) is 28.8 Å². The first-order valence-electron chi connectivity index (χ1n) is 8.81. The topological polar surface area (TPSA) is 69.7 Å². The van der Waals surface area contributed by atoms with Crippen LogP contribution < -0.4 is 10.1 Å². The molecule has 2 aromatic rings. The van der Waals surface area contributed by atoms with Gasteiger partial charge in [-0.2, -0.15) is 0 Å². The lowest BCUT2D eigenvalue weighted by molar-refractivity contribution is 0.101. The average Bonchev–Trinajstić information content (AvgIpc) is 3.47. The zero-order chi connectivity index (χ0) is 18.2. The fourth-order valence-corrected chi connectivity index (χ4v) is 2.47. The van der Waals surface area contributed by atoms with E-state index in [2.05, 4.69) is 10.3 Å². The highest BCUT2D eigenvalue weighted by atomic mass is 16.5. The largest absolute Gasteiger partial charge is 0.475 e. The van der Waals surface area contributed by atoms with E-state index < -0.39 is 0 Å². The first-order chi connectivity index (χ1) is 12.8. The second-order valence-corrected chi connectivity index (χ2v) is 6.31. The number of carbonyl (C=O) groups is 1. The van der Waals surface area contributed by atoms with E-state index in [1.54, 1.807) is 25.4 Å². The van der Waals surface area contributed by atoms with Crippen LogP contribution in [-0.4, -0.2) is 37.8 Å². The van der Waals surface area contributed by atoms with Gasteiger partial charge in [0.05, 0.1) is 13.2 Å². The Labute approximate surface area is 153 Å². The van der Waals surface area contributed by atoms with E-state index in [9.17, 15) is 4.79 Å². The Morgan fingerprint density at radius 3 is 2.92 bits per heavy atom. The summed E-state index contributed by atoms with van der Waals surface area (Å²) in [5, 5.41) is 2.90. The van der Waals surface area contributed by atoms with Gasteiger partial charge in [0.25, 0.3) is 5.91 Å². The number of benzene rings is 1. The third-order valence-corrected chi connectivity index (χ3v) is 4.05. The molecule has 138 valence electrons. The predicted molar refractivity (Wildman–Crippen MR) is 98.4 cm³/mol. The Morgan fingerprint density at radius 2 is 2.12 bits per heavy atom. The van der Waals surface area contributed by atoms with Gasteiger partial charge in [-0.1, -0.05) is 12.1 Å². The van der Waals surface area contributed by atoms with E-state index in [1.165, 1.54) is 12.8 Å². The fraction of sp³-hybridized carbons (Fsp3) is 0.400. The summed E-state index contributed by atoms with van der Waals surface area (Å²) in [4.78, 5) is 16.7. The van der Waals surface area contributed by atoms with Gasteiger partial charge in [0, 0.05) is 25.6 Å². The molecule has 6 nitrogen and oxygen atoms in total. The number of nitrogens with zero attached hydrogens (tertiary/aromatic N) is 1. The number of ether oxygens (including phenoxy) is 3. The number of pyridine rings is 1. The lowest BCUT2D eigenvalue weighted by Crippen LogP contribution is -2.15. The van der Waals surface area contributed by atoms with Crippen molar-refractivity contribution in [1.29, 1.82) is 0 Å². The van der Waals surface area contributed by atoms with Gasteiger partial charge in [-0.25, -0.2) is 4.98 Å². The number of carbonyl (C=O) groups excluding carboxylic acids is 1. The van der Waals surface area contributed by atoms with Gasteiger partial charge in [0.15, 0.2) is 0 Å². The Kier molecular flexibility index (Phi) is 6.57. The van der Waals surface area contributed by atoms with E-state index in [1.807, 2.05) is 24.3 Å². The minimum Gasteiger partial charge on any atom is -0.475 e. The zero-order valence-electron chi connectivity index (χ0n) is 14.9. The van der Waals surface area contributed by atoms with Gasteiger partial charge in [0.2, 0.25) is 5.88 Å². The van der Waals surface area contributed by atoms with Crippen LogP contribution in [-0.2, 0) is 16.1 Å². The maximum absolute atomic E-state index is 12.6. The van der Waals surface area contributed by atoms with Crippen molar-refractivity contribution in [1.82, 2.24) is 4.98 Å². The molecule has 1 N–H and O–H groups in total. The van der Waals surface area contributed by atoms with Crippen molar-refractivity contribution in [3.05, 3.63) is 53.7 Å². The number of aromatic nitrogens is 1. The van der Waals surface area contributed by atoms with Crippen LogP contribution in [0.15, 0.2) is 42.6 Å². The minimum absolute atomic E-state index is 0.262. The smallest absolute Gasteiger partial charge is 0.261 e. The molecule has 0 radical (unpaired) electrons.